The molecule has 2 heterocycles. The third-order valence-electron chi connectivity index (χ3n) is 3.19. The van der Waals surface area contributed by atoms with E-state index in [-0.39, 0.29) is 29.0 Å². The Balaban J connectivity index is 2.02. The van der Waals surface area contributed by atoms with Gasteiger partial charge in [0.2, 0.25) is 5.43 Å². The number of amides is 1. The molecule has 0 aliphatic rings. The van der Waals surface area contributed by atoms with E-state index in [1.807, 2.05) is 0 Å². The van der Waals surface area contributed by atoms with Crippen LogP contribution in [0.25, 0.3) is 22.4 Å². The van der Waals surface area contributed by atoms with Gasteiger partial charge in [-0.1, -0.05) is 23.7 Å². The van der Waals surface area contributed by atoms with Crippen LogP contribution in [0.5, 0.6) is 0 Å². The van der Waals surface area contributed by atoms with Gasteiger partial charge < -0.3 is 9.72 Å². The number of rotatable bonds is 3. The van der Waals surface area contributed by atoms with Crippen LogP contribution in [0.1, 0.15) is 6.92 Å². The van der Waals surface area contributed by atoms with Gasteiger partial charge in [-0.3, -0.25) is 10.1 Å². The SMILES string of the molecule is CCOC(=O)Nc1cc(=O)c2ncc(-c3ccc(Cl)cc3)nc2[nH]1. The van der Waals surface area contributed by atoms with E-state index in [1.54, 1.807) is 31.2 Å². The molecule has 0 saturated carbocycles. The van der Waals surface area contributed by atoms with Crippen LogP contribution in [0.2, 0.25) is 5.02 Å². The van der Waals surface area contributed by atoms with Crippen molar-refractivity contribution in [2.45, 2.75) is 6.92 Å². The van der Waals surface area contributed by atoms with Gasteiger partial charge in [0.1, 0.15) is 5.82 Å². The third-order valence-corrected chi connectivity index (χ3v) is 3.44. The van der Waals surface area contributed by atoms with Gasteiger partial charge in [0.25, 0.3) is 0 Å². The number of hydrogen-bond donors (Lipinski definition) is 2. The summed E-state index contributed by atoms with van der Waals surface area (Å²) in [5, 5.41) is 3.05. The number of carbonyl (C=O) groups excluding carboxylic acids is 1. The van der Waals surface area contributed by atoms with Gasteiger partial charge in [0.15, 0.2) is 11.2 Å². The summed E-state index contributed by atoms with van der Waals surface area (Å²) >= 11 is 5.87. The van der Waals surface area contributed by atoms with E-state index in [4.69, 9.17) is 16.3 Å². The second-order valence-electron chi connectivity index (χ2n) is 4.85. The number of aromatic nitrogens is 3. The Bertz CT molecular complexity index is 954. The van der Waals surface area contributed by atoms with Crippen LogP contribution >= 0.6 is 11.6 Å². The number of hydrogen-bond acceptors (Lipinski definition) is 5. The molecule has 0 atom stereocenters. The first-order valence-corrected chi connectivity index (χ1v) is 7.54. The summed E-state index contributed by atoms with van der Waals surface area (Å²) in [6.45, 7) is 1.91. The van der Waals surface area contributed by atoms with Crippen molar-refractivity contribution in [3.05, 3.63) is 51.8 Å². The Kier molecular flexibility index (Phi) is 4.43. The van der Waals surface area contributed by atoms with Gasteiger partial charge in [0, 0.05) is 16.7 Å². The minimum Gasteiger partial charge on any atom is -0.450 e. The molecule has 0 radical (unpaired) electrons. The van der Waals surface area contributed by atoms with Crippen LogP contribution in [0.15, 0.2) is 41.3 Å². The van der Waals surface area contributed by atoms with Crippen molar-refractivity contribution in [3.8, 4) is 11.3 Å². The highest BCUT2D eigenvalue weighted by atomic mass is 35.5. The van der Waals surface area contributed by atoms with Crippen molar-refractivity contribution in [2.24, 2.45) is 0 Å². The molecular weight excluding hydrogens is 332 g/mol. The summed E-state index contributed by atoms with van der Waals surface area (Å²) < 4.78 is 4.78. The van der Waals surface area contributed by atoms with Gasteiger partial charge in [0.05, 0.1) is 18.5 Å². The second kappa shape index (κ2) is 6.67. The molecule has 0 spiro atoms. The van der Waals surface area contributed by atoms with Gasteiger partial charge in [-0.25, -0.2) is 14.8 Å². The van der Waals surface area contributed by atoms with Crippen molar-refractivity contribution >= 4 is 34.7 Å². The van der Waals surface area contributed by atoms with E-state index >= 15 is 0 Å². The van der Waals surface area contributed by atoms with E-state index < -0.39 is 6.09 Å². The first-order valence-electron chi connectivity index (χ1n) is 7.16. The third kappa shape index (κ3) is 3.36. The number of aromatic amines is 1. The van der Waals surface area contributed by atoms with Gasteiger partial charge in [-0.2, -0.15) is 0 Å². The molecule has 122 valence electrons. The monoisotopic (exact) mass is 344 g/mol. The van der Waals surface area contributed by atoms with E-state index in [2.05, 4.69) is 20.3 Å². The second-order valence-corrected chi connectivity index (χ2v) is 5.29. The summed E-state index contributed by atoms with van der Waals surface area (Å²) in [5.74, 6) is 0.188. The molecule has 3 aromatic rings. The molecule has 24 heavy (non-hydrogen) atoms. The lowest BCUT2D eigenvalue weighted by Gasteiger charge is -2.07. The predicted octanol–water partition coefficient (Wildman–Crippen LogP) is 3.21. The molecule has 7 nitrogen and oxygen atoms in total. The van der Waals surface area contributed by atoms with Crippen LogP contribution in [-0.2, 0) is 4.74 Å². The van der Waals surface area contributed by atoms with E-state index in [9.17, 15) is 9.59 Å². The zero-order valence-electron chi connectivity index (χ0n) is 12.7. The summed E-state index contributed by atoms with van der Waals surface area (Å²) in [7, 11) is 0. The molecule has 8 heteroatoms. The summed E-state index contributed by atoms with van der Waals surface area (Å²) in [4.78, 5) is 35.0. The number of H-pyrrole nitrogens is 1. The Labute approximate surface area is 141 Å². The number of halogens is 1. The fourth-order valence-corrected chi connectivity index (χ4v) is 2.25. The number of benzene rings is 1. The average molecular weight is 345 g/mol. The van der Waals surface area contributed by atoms with Crippen LogP contribution < -0.4 is 10.7 Å². The number of carbonyl (C=O) groups is 1. The zero-order chi connectivity index (χ0) is 17.1. The largest absolute Gasteiger partial charge is 0.450 e. The molecule has 0 aliphatic heterocycles. The number of pyridine rings is 1. The quantitative estimate of drug-likeness (QED) is 0.760. The maximum atomic E-state index is 12.1. The molecule has 1 amide bonds. The van der Waals surface area contributed by atoms with Crippen LogP contribution in [0, 0.1) is 0 Å². The zero-order valence-corrected chi connectivity index (χ0v) is 13.4. The number of nitrogens with one attached hydrogen (secondary N) is 2. The van der Waals surface area contributed by atoms with E-state index in [0.717, 1.165) is 5.56 Å². The number of fused-ring (bicyclic) bond motifs is 1. The molecule has 2 aromatic heterocycles. The van der Waals surface area contributed by atoms with Crippen molar-refractivity contribution in [1.29, 1.82) is 0 Å². The van der Waals surface area contributed by atoms with Crippen molar-refractivity contribution in [3.63, 3.8) is 0 Å². The Morgan fingerprint density at radius 3 is 2.79 bits per heavy atom. The summed E-state index contributed by atoms with van der Waals surface area (Å²) in [5.41, 5.74) is 1.47. The molecule has 2 N–H and O–H groups in total. The molecule has 0 aliphatic carbocycles. The highest BCUT2D eigenvalue weighted by Crippen LogP contribution is 2.20. The lowest BCUT2D eigenvalue weighted by molar-refractivity contribution is 0.168. The van der Waals surface area contributed by atoms with Crippen LogP contribution in [0.3, 0.4) is 0 Å². The lowest BCUT2D eigenvalue weighted by Crippen LogP contribution is -2.17. The summed E-state index contributed by atoms with van der Waals surface area (Å²) in [6.07, 6.45) is 0.855. The number of ether oxygens (including phenoxy) is 1. The highest BCUT2D eigenvalue weighted by molar-refractivity contribution is 6.30. The van der Waals surface area contributed by atoms with Crippen molar-refractivity contribution < 1.29 is 9.53 Å². The van der Waals surface area contributed by atoms with Gasteiger partial charge in [-0.05, 0) is 19.1 Å². The standard InChI is InChI=1S/C16H13ClN4O3/c1-2-24-16(23)21-13-7-12(22)14-15(20-13)19-11(8-18-14)9-3-5-10(17)6-4-9/h3-8H,2H2,1H3,(H2,19,20,21,22,23). The van der Waals surface area contributed by atoms with Gasteiger partial charge >= 0.3 is 6.09 Å². The molecule has 0 fully saturated rings. The Morgan fingerprint density at radius 1 is 1.33 bits per heavy atom. The predicted molar refractivity (Wildman–Crippen MR) is 91.2 cm³/mol. The maximum Gasteiger partial charge on any atom is 0.412 e. The number of anilines is 1. The maximum absolute atomic E-state index is 12.1. The highest BCUT2D eigenvalue weighted by Gasteiger charge is 2.10. The smallest absolute Gasteiger partial charge is 0.412 e. The first-order chi connectivity index (χ1) is 11.6. The average Bonchev–Trinajstić information content (AvgIpc) is 2.55. The lowest BCUT2D eigenvalue weighted by atomic mass is 10.1. The topological polar surface area (TPSA) is 97.0 Å². The minimum absolute atomic E-state index is 0.183. The van der Waals surface area contributed by atoms with Gasteiger partial charge in [-0.15, -0.1) is 0 Å². The molecule has 0 saturated heterocycles. The van der Waals surface area contributed by atoms with Crippen LogP contribution in [0.4, 0.5) is 10.6 Å². The molecule has 0 bridgehead atoms. The fourth-order valence-electron chi connectivity index (χ4n) is 2.12. The normalized spacial score (nSPS) is 10.6. The van der Waals surface area contributed by atoms with Crippen molar-refractivity contribution in [1.82, 2.24) is 15.0 Å². The molecule has 3 rings (SSSR count). The number of nitrogens with zero attached hydrogens (tertiary/aromatic N) is 2. The summed E-state index contributed by atoms with van der Waals surface area (Å²) in [6, 6.07) is 8.32. The Hall–Kier alpha value is -2.93. The minimum atomic E-state index is -0.658. The van der Waals surface area contributed by atoms with E-state index in [1.165, 1.54) is 12.3 Å². The van der Waals surface area contributed by atoms with Crippen LogP contribution in [-0.4, -0.2) is 27.7 Å². The molecule has 0 unspecified atom stereocenters. The first kappa shape index (κ1) is 15.9. The van der Waals surface area contributed by atoms with Crippen molar-refractivity contribution in [2.75, 3.05) is 11.9 Å². The Morgan fingerprint density at radius 2 is 2.08 bits per heavy atom. The molecular formula is C16H13ClN4O3. The molecule has 1 aromatic carbocycles. The van der Waals surface area contributed by atoms with E-state index in [0.29, 0.717) is 10.7 Å². The fraction of sp³-hybridized carbons (Fsp3) is 0.125.